The first-order valence-corrected chi connectivity index (χ1v) is 10.0. The van der Waals surface area contributed by atoms with Gasteiger partial charge in [-0.05, 0) is 23.3 Å². The Bertz CT molecular complexity index is 769. The van der Waals surface area contributed by atoms with Gasteiger partial charge in [-0.3, -0.25) is 9.59 Å². The second-order valence-corrected chi connectivity index (χ2v) is 7.33. The maximum absolute atomic E-state index is 12.2. The normalized spacial score (nSPS) is 15.7. The minimum Gasteiger partial charge on any atom is -0.378 e. The van der Waals surface area contributed by atoms with Gasteiger partial charge in [-0.2, -0.15) is 0 Å². The lowest BCUT2D eigenvalue weighted by atomic mass is 10.00. The molecule has 1 fully saturated rings. The van der Waals surface area contributed by atoms with Crippen LogP contribution in [0.1, 0.15) is 18.5 Å². The number of nitrogens with zero attached hydrogens (tertiary/aromatic N) is 1. The highest BCUT2D eigenvalue weighted by atomic mass is 32.2. The molecular weight excluding hydrogens is 348 g/mol. The number of rotatable bonds is 6. The van der Waals surface area contributed by atoms with Crippen molar-refractivity contribution < 1.29 is 14.3 Å². The maximum atomic E-state index is 12.2. The molecule has 5 nitrogen and oxygen atoms in total. The SMILES string of the molecule is CC(NC(=O)CSCC(=O)N1CCOCC1)c1cccc2ccccc12. The van der Waals surface area contributed by atoms with Crippen LogP contribution in [0.25, 0.3) is 10.8 Å². The number of morpholine rings is 1. The van der Waals surface area contributed by atoms with E-state index in [-0.39, 0.29) is 23.6 Å². The zero-order valence-electron chi connectivity index (χ0n) is 14.9. The molecule has 0 bridgehead atoms. The summed E-state index contributed by atoms with van der Waals surface area (Å²) in [5.41, 5.74) is 1.10. The number of ether oxygens (including phenoxy) is 1. The minimum absolute atomic E-state index is 0.0507. The van der Waals surface area contributed by atoms with E-state index in [0.717, 1.165) is 16.3 Å². The summed E-state index contributed by atoms with van der Waals surface area (Å²) in [5, 5.41) is 5.35. The molecule has 2 amide bonds. The van der Waals surface area contributed by atoms with Gasteiger partial charge in [0.1, 0.15) is 0 Å². The molecule has 0 aliphatic carbocycles. The highest BCUT2D eigenvalue weighted by molar-refractivity contribution is 8.00. The summed E-state index contributed by atoms with van der Waals surface area (Å²) in [6, 6.07) is 14.2. The van der Waals surface area contributed by atoms with E-state index in [2.05, 4.69) is 23.5 Å². The molecule has 26 heavy (non-hydrogen) atoms. The van der Waals surface area contributed by atoms with Crippen LogP contribution in [-0.2, 0) is 14.3 Å². The molecule has 1 saturated heterocycles. The third kappa shape index (κ3) is 4.77. The van der Waals surface area contributed by atoms with Gasteiger partial charge in [-0.15, -0.1) is 11.8 Å². The average Bonchev–Trinajstić information content (AvgIpc) is 2.68. The number of thioether (sulfide) groups is 1. The van der Waals surface area contributed by atoms with Crippen molar-refractivity contribution in [1.29, 1.82) is 0 Å². The second-order valence-electron chi connectivity index (χ2n) is 6.34. The fourth-order valence-corrected chi connectivity index (χ4v) is 3.85. The predicted octanol–water partition coefficient (Wildman–Crippen LogP) is 2.61. The fraction of sp³-hybridized carbons (Fsp3) is 0.400. The number of amides is 2. The summed E-state index contributed by atoms with van der Waals surface area (Å²) in [6.45, 7) is 4.47. The lowest BCUT2D eigenvalue weighted by Gasteiger charge is -2.26. The van der Waals surface area contributed by atoms with E-state index in [9.17, 15) is 9.59 Å². The van der Waals surface area contributed by atoms with Gasteiger partial charge in [0.25, 0.3) is 0 Å². The summed E-state index contributed by atoms with van der Waals surface area (Å²) in [6.07, 6.45) is 0. The van der Waals surface area contributed by atoms with Gasteiger partial charge in [-0.25, -0.2) is 0 Å². The zero-order valence-corrected chi connectivity index (χ0v) is 15.8. The van der Waals surface area contributed by atoms with Crippen LogP contribution in [0.2, 0.25) is 0 Å². The van der Waals surface area contributed by atoms with Gasteiger partial charge in [0.15, 0.2) is 0 Å². The van der Waals surface area contributed by atoms with Gasteiger partial charge >= 0.3 is 0 Å². The van der Waals surface area contributed by atoms with Crippen LogP contribution in [0.15, 0.2) is 42.5 Å². The van der Waals surface area contributed by atoms with Crippen molar-refractivity contribution in [1.82, 2.24) is 10.2 Å². The molecule has 1 aliphatic rings. The Labute approximate surface area is 158 Å². The molecule has 6 heteroatoms. The summed E-state index contributed by atoms with van der Waals surface area (Å²) < 4.78 is 5.24. The molecular formula is C20H24N2O3S. The summed E-state index contributed by atoms with van der Waals surface area (Å²) >= 11 is 1.36. The Morgan fingerprint density at radius 3 is 2.65 bits per heavy atom. The van der Waals surface area contributed by atoms with Crippen LogP contribution >= 0.6 is 11.8 Å². The molecule has 1 aliphatic heterocycles. The van der Waals surface area contributed by atoms with Crippen molar-refractivity contribution >= 4 is 34.3 Å². The lowest BCUT2D eigenvalue weighted by molar-refractivity contribution is -0.132. The van der Waals surface area contributed by atoms with Gasteiger partial charge in [0.2, 0.25) is 11.8 Å². The molecule has 0 radical (unpaired) electrons. The van der Waals surface area contributed by atoms with Crippen molar-refractivity contribution in [2.75, 3.05) is 37.8 Å². The first-order valence-electron chi connectivity index (χ1n) is 8.85. The van der Waals surface area contributed by atoms with Crippen LogP contribution < -0.4 is 5.32 Å². The van der Waals surface area contributed by atoms with Crippen LogP contribution in [0.4, 0.5) is 0 Å². The van der Waals surface area contributed by atoms with E-state index in [1.807, 2.05) is 31.2 Å². The number of fused-ring (bicyclic) bond motifs is 1. The molecule has 1 heterocycles. The number of nitrogens with one attached hydrogen (secondary N) is 1. The Morgan fingerprint density at radius 2 is 1.85 bits per heavy atom. The van der Waals surface area contributed by atoms with Crippen LogP contribution in [0.3, 0.4) is 0 Å². The first-order chi connectivity index (χ1) is 12.6. The second kappa shape index (κ2) is 9.05. The Kier molecular flexibility index (Phi) is 6.52. The van der Waals surface area contributed by atoms with E-state index < -0.39 is 0 Å². The van der Waals surface area contributed by atoms with E-state index in [0.29, 0.717) is 32.1 Å². The number of hydrogen-bond acceptors (Lipinski definition) is 4. The summed E-state index contributed by atoms with van der Waals surface area (Å²) in [5.74, 6) is 0.639. The summed E-state index contributed by atoms with van der Waals surface area (Å²) in [7, 11) is 0. The predicted molar refractivity (Wildman–Crippen MR) is 105 cm³/mol. The Morgan fingerprint density at radius 1 is 1.12 bits per heavy atom. The largest absolute Gasteiger partial charge is 0.378 e. The topological polar surface area (TPSA) is 58.6 Å². The molecule has 1 atom stereocenters. The van der Waals surface area contributed by atoms with Crippen LogP contribution in [0, 0.1) is 0 Å². The molecule has 2 aromatic carbocycles. The fourth-order valence-electron chi connectivity index (χ4n) is 3.12. The molecule has 3 rings (SSSR count). The van der Waals surface area contributed by atoms with Crippen molar-refractivity contribution in [2.45, 2.75) is 13.0 Å². The zero-order chi connectivity index (χ0) is 18.4. The Hall–Kier alpha value is -2.05. The van der Waals surface area contributed by atoms with Gasteiger partial charge in [-0.1, -0.05) is 42.5 Å². The van der Waals surface area contributed by atoms with Crippen molar-refractivity contribution in [3.63, 3.8) is 0 Å². The molecule has 2 aromatic rings. The molecule has 1 N–H and O–H groups in total. The van der Waals surface area contributed by atoms with Crippen LogP contribution in [0.5, 0.6) is 0 Å². The molecule has 0 aromatic heterocycles. The third-order valence-electron chi connectivity index (χ3n) is 4.49. The van der Waals surface area contributed by atoms with Crippen LogP contribution in [-0.4, -0.2) is 54.5 Å². The monoisotopic (exact) mass is 372 g/mol. The molecule has 138 valence electrons. The standard InChI is InChI=1S/C20H24N2O3S/c1-15(17-8-4-6-16-5-2-3-7-18(16)17)21-19(23)13-26-14-20(24)22-9-11-25-12-10-22/h2-8,15H,9-14H2,1H3,(H,21,23). The van der Waals surface area contributed by atoms with Crippen molar-refractivity contribution in [2.24, 2.45) is 0 Å². The average molecular weight is 372 g/mol. The highest BCUT2D eigenvalue weighted by Crippen LogP contribution is 2.24. The quantitative estimate of drug-likeness (QED) is 0.847. The van der Waals surface area contributed by atoms with E-state index in [1.165, 1.54) is 11.8 Å². The third-order valence-corrected chi connectivity index (χ3v) is 5.41. The van der Waals surface area contributed by atoms with E-state index in [4.69, 9.17) is 4.74 Å². The number of hydrogen-bond donors (Lipinski definition) is 1. The summed E-state index contributed by atoms with van der Waals surface area (Å²) in [4.78, 5) is 26.1. The smallest absolute Gasteiger partial charge is 0.232 e. The molecule has 0 spiro atoms. The number of carbonyl (C=O) groups excluding carboxylic acids is 2. The van der Waals surface area contributed by atoms with Crippen molar-refractivity contribution in [3.8, 4) is 0 Å². The molecule has 0 saturated carbocycles. The first kappa shape index (κ1) is 18.7. The molecule has 1 unspecified atom stereocenters. The van der Waals surface area contributed by atoms with Gasteiger partial charge in [0.05, 0.1) is 30.8 Å². The van der Waals surface area contributed by atoms with E-state index >= 15 is 0 Å². The minimum atomic E-state index is -0.0795. The van der Waals surface area contributed by atoms with Gasteiger partial charge < -0.3 is 15.0 Å². The highest BCUT2D eigenvalue weighted by Gasteiger charge is 2.17. The number of carbonyl (C=O) groups is 2. The lowest BCUT2D eigenvalue weighted by Crippen LogP contribution is -2.41. The Balaban J connectivity index is 1.49. The number of benzene rings is 2. The maximum Gasteiger partial charge on any atom is 0.232 e. The van der Waals surface area contributed by atoms with E-state index in [1.54, 1.807) is 4.90 Å². The van der Waals surface area contributed by atoms with Gasteiger partial charge in [0, 0.05) is 13.1 Å². The van der Waals surface area contributed by atoms with Crippen molar-refractivity contribution in [3.05, 3.63) is 48.0 Å².